The molecule has 3 saturated carbocycles. The molecule has 7 aromatic rings. The Hall–Kier alpha value is -5.40. The van der Waals surface area contributed by atoms with Crippen molar-refractivity contribution in [3.05, 3.63) is 174 Å². The van der Waals surface area contributed by atoms with Crippen LogP contribution in [0.1, 0.15) is 106 Å². The molecule has 3 fully saturated rings. The first-order valence-electron chi connectivity index (χ1n) is 21.9. The van der Waals surface area contributed by atoms with Crippen molar-refractivity contribution in [1.82, 2.24) is 0 Å². The zero-order chi connectivity index (χ0) is 38.1. The molecule has 11 rings (SSSR count). The first kappa shape index (κ1) is 34.8. The Morgan fingerprint density at radius 2 is 1.21 bits per heavy atom. The maximum atomic E-state index is 2.50. The maximum absolute atomic E-state index is 2.50. The summed E-state index contributed by atoms with van der Waals surface area (Å²) in [5.41, 5.74) is 17.3. The highest BCUT2D eigenvalue weighted by Gasteiger charge is 2.40. The molecule has 4 aliphatic carbocycles. The zero-order valence-corrected chi connectivity index (χ0v) is 33.6. The van der Waals surface area contributed by atoms with E-state index in [-0.39, 0.29) is 5.41 Å². The van der Waals surface area contributed by atoms with Gasteiger partial charge in [-0.05, 0) is 165 Å². The summed E-state index contributed by atoms with van der Waals surface area (Å²) in [4.78, 5) is 2.50. The van der Waals surface area contributed by atoms with Crippen LogP contribution in [-0.4, -0.2) is 0 Å². The fourth-order valence-electron chi connectivity index (χ4n) is 11.7. The minimum Gasteiger partial charge on any atom is -0.310 e. The summed E-state index contributed by atoms with van der Waals surface area (Å²) in [6.45, 7) is 4.83. The molecule has 0 N–H and O–H groups in total. The molecule has 0 spiro atoms. The van der Waals surface area contributed by atoms with E-state index in [4.69, 9.17) is 0 Å². The van der Waals surface area contributed by atoms with Crippen molar-refractivity contribution in [1.29, 1.82) is 0 Å². The van der Waals surface area contributed by atoms with E-state index in [9.17, 15) is 0 Å². The molecule has 0 radical (unpaired) electrons. The highest BCUT2D eigenvalue weighted by atomic mass is 15.1. The van der Waals surface area contributed by atoms with Crippen molar-refractivity contribution in [2.45, 2.75) is 88.9 Å². The van der Waals surface area contributed by atoms with Crippen LogP contribution in [0.15, 0.2) is 152 Å². The fraction of sp³-hybridized carbons (Fsp3) is 0.286. The van der Waals surface area contributed by atoms with E-state index in [2.05, 4.69) is 170 Å². The number of hydrogen-bond acceptors (Lipinski definition) is 1. The second-order valence-corrected chi connectivity index (χ2v) is 18.4. The standard InChI is InChI=1S/C56H53N/c1-56(2)53-17-9-16-50(46-21-20-39-12-6-7-13-42(39)35-46)55(53)51-31-30-49(36-54(51)56)57(48-28-24-41(25-29-48)52-33-37-18-19-45(52)32-37)47-26-22-40(23-27-47)44-15-8-14-43(34-44)38-10-4-3-5-11-38/h6-9,12-17,20-31,34-38,45,52H,3-5,10-11,18-19,32-33H2,1-2H3. The van der Waals surface area contributed by atoms with E-state index in [1.165, 1.54) is 141 Å². The van der Waals surface area contributed by atoms with Crippen molar-refractivity contribution >= 4 is 27.8 Å². The number of benzene rings is 7. The topological polar surface area (TPSA) is 3.24 Å². The molecule has 2 bridgehead atoms. The third kappa shape index (κ3) is 6.05. The second-order valence-electron chi connectivity index (χ2n) is 18.4. The fourth-order valence-corrected chi connectivity index (χ4v) is 11.7. The van der Waals surface area contributed by atoms with Crippen LogP contribution in [-0.2, 0) is 5.41 Å². The lowest BCUT2D eigenvalue weighted by Crippen LogP contribution is -2.16. The average molecular weight is 740 g/mol. The molecule has 57 heavy (non-hydrogen) atoms. The number of nitrogens with zero attached hydrogens (tertiary/aromatic N) is 1. The van der Waals surface area contributed by atoms with Gasteiger partial charge in [-0.25, -0.2) is 0 Å². The Bertz CT molecular complexity index is 2600. The van der Waals surface area contributed by atoms with Gasteiger partial charge in [-0.3, -0.25) is 0 Å². The van der Waals surface area contributed by atoms with Gasteiger partial charge >= 0.3 is 0 Å². The summed E-state index contributed by atoms with van der Waals surface area (Å²) in [5.74, 6) is 3.25. The molecule has 0 saturated heterocycles. The molecule has 3 unspecified atom stereocenters. The normalized spacial score (nSPS) is 20.8. The van der Waals surface area contributed by atoms with Crippen molar-refractivity contribution in [3.8, 4) is 33.4 Å². The summed E-state index contributed by atoms with van der Waals surface area (Å²) < 4.78 is 0. The lowest BCUT2D eigenvalue weighted by Gasteiger charge is -2.29. The van der Waals surface area contributed by atoms with Crippen LogP contribution in [0.25, 0.3) is 44.2 Å². The van der Waals surface area contributed by atoms with Crippen LogP contribution >= 0.6 is 0 Å². The van der Waals surface area contributed by atoms with Crippen LogP contribution in [0.2, 0.25) is 0 Å². The molecule has 0 heterocycles. The number of hydrogen-bond donors (Lipinski definition) is 0. The summed E-state index contributed by atoms with van der Waals surface area (Å²) in [6.07, 6.45) is 12.4. The van der Waals surface area contributed by atoms with Gasteiger partial charge in [0.1, 0.15) is 0 Å². The zero-order valence-electron chi connectivity index (χ0n) is 33.6. The van der Waals surface area contributed by atoms with E-state index >= 15 is 0 Å². The van der Waals surface area contributed by atoms with Gasteiger partial charge in [0.05, 0.1) is 0 Å². The van der Waals surface area contributed by atoms with E-state index in [1.54, 1.807) is 0 Å². The average Bonchev–Trinajstić information content (AvgIpc) is 3.97. The first-order chi connectivity index (χ1) is 28.0. The van der Waals surface area contributed by atoms with Gasteiger partial charge in [-0.2, -0.15) is 0 Å². The van der Waals surface area contributed by atoms with Crippen LogP contribution in [0.4, 0.5) is 17.1 Å². The summed E-state index contributed by atoms with van der Waals surface area (Å²) in [7, 11) is 0. The summed E-state index contributed by atoms with van der Waals surface area (Å²) in [6, 6.07) is 58.3. The smallest absolute Gasteiger partial charge is 0.0465 e. The van der Waals surface area contributed by atoms with Crippen molar-refractivity contribution < 1.29 is 0 Å². The van der Waals surface area contributed by atoms with Gasteiger partial charge in [0, 0.05) is 22.5 Å². The number of fused-ring (bicyclic) bond motifs is 6. The molecule has 4 aliphatic rings. The molecule has 0 amide bonds. The molecular weight excluding hydrogens is 687 g/mol. The Morgan fingerprint density at radius 3 is 1.98 bits per heavy atom. The summed E-state index contributed by atoms with van der Waals surface area (Å²) >= 11 is 0. The lowest BCUT2D eigenvalue weighted by molar-refractivity contribution is 0.420. The van der Waals surface area contributed by atoms with Crippen molar-refractivity contribution in [2.75, 3.05) is 4.90 Å². The van der Waals surface area contributed by atoms with Gasteiger partial charge in [0.25, 0.3) is 0 Å². The highest BCUT2D eigenvalue weighted by molar-refractivity contribution is 5.96. The molecule has 3 atom stereocenters. The second kappa shape index (κ2) is 13.9. The minimum absolute atomic E-state index is 0.141. The van der Waals surface area contributed by atoms with E-state index in [1.807, 2.05) is 0 Å². The molecular formula is C56H53N. The quantitative estimate of drug-likeness (QED) is 0.157. The highest BCUT2D eigenvalue weighted by Crippen LogP contribution is 2.55. The minimum atomic E-state index is -0.141. The number of anilines is 3. The Balaban J connectivity index is 0.988. The van der Waals surface area contributed by atoms with Crippen molar-refractivity contribution in [3.63, 3.8) is 0 Å². The van der Waals surface area contributed by atoms with Gasteiger partial charge < -0.3 is 4.90 Å². The molecule has 1 nitrogen and oxygen atoms in total. The first-order valence-corrected chi connectivity index (χ1v) is 21.9. The molecule has 282 valence electrons. The molecule has 0 aromatic heterocycles. The third-order valence-corrected chi connectivity index (χ3v) is 14.7. The Morgan fingerprint density at radius 1 is 0.474 bits per heavy atom. The Labute approximate surface area is 339 Å². The lowest BCUT2D eigenvalue weighted by atomic mass is 9.81. The van der Waals surface area contributed by atoms with Gasteiger partial charge in [0.15, 0.2) is 0 Å². The van der Waals surface area contributed by atoms with E-state index in [0.29, 0.717) is 5.92 Å². The molecule has 0 aliphatic heterocycles. The van der Waals surface area contributed by atoms with Crippen LogP contribution in [0.3, 0.4) is 0 Å². The number of rotatable bonds is 7. The third-order valence-electron chi connectivity index (χ3n) is 14.7. The Kier molecular flexibility index (Phi) is 8.50. The van der Waals surface area contributed by atoms with Crippen molar-refractivity contribution in [2.24, 2.45) is 11.8 Å². The molecule has 1 heteroatoms. The SMILES string of the molecule is CC1(C)c2cc(N(c3ccc(-c4cccc(C5CCCCC5)c4)cc3)c3ccc(C4CC5CCC4C5)cc3)ccc2-c2c(-c3ccc4ccccc4c3)cccc21. The molecule has 7 aromatic carbocycles. The van der Waals surface area contributed by atoms with Crippen LogP contribution < -0.4 is 4.90 Å². The van der Waals surface area contributed by atoms with Gasteiger partial charge in [-0.1, -0.05) is 149 Å². The van der Waals surface area contributed by atoms with Crippen LogP contribution in [0, 0.1) is 11.8 Å². The van der Waals surface area contributed by atoms with Gasteiger partial charge in [0.2, 0.25) is 0 Å². The maximum Gasteiger partial charge on any atom is 0.0465 e. The largest absolute Gasteiger partial charge is 0.310 e. The van der Waals surface area contributed by atoms with E-state index < -0.39 is 0 Å². The summed E-state index contributed by atoms with van der Waals surface area (Å²) in [5, 5.41) is 2.56. The predicted octanol–water partition coefficient (Wildman–Crippen LogP) is 15.9. The predicted molar refractivity (Wildman–Crippen MR) is 241 cm³/mol. The van der Waals surface area contributed by atoms with E-state index in [0.717, 1.165) is 17.8 Å². The van der Waals surface area contributed by atoms with Crippen LogP contribution in [0.5, 0.6) is 0 Å². The van der Waals surface area contributed by atoms with Gasteiger partial charge in [-0.15, -0.1) is 0 Å². The monoisotopic (exact) mass is 739 g/mol.